The van der Waals surface area contributed by atoms with Crippen LogP contribution in [0.5, 0.6) is 0 Å². The second kappa shape index (κ2) is 4.53. The molecule has 1 aromatic rings. The van der Waals surface area contributed by atoms with Gasteiger partial charge < -0.3 is 4.74 Å². The number of carbonyl (C=O) groups is 1. The fourth-order valence-corrected chi connectivity index (χ4v) is 3.89. The van der Waals surface area contributed by atoms with Crippen LogP contribution in [-0.4, -0.2) is 21.4 Å². The number of hydrogen-bond donors (Lipinski definition) is 1. The Balaban J connectivity index is 2.03. The van der Waals surface area contributed by atoms with Crippen molar-refractivity contribution in [3.05, 3.63) is 23.8 Å². The fourth-order valence-electron chi connectivity index (χ4n) is 3.44. The van der Waals surface area contributed by atoms with Crippen LogP contribution >= 0.6 is 12.6 Å². The highest BCUT2D eigenvalue weighted by molar-refractivity contribution is 7.81. The van der Waals surface area contributed by atoms with E-state index in [-0.39, 0.29) is 0 Å². The molecule has 0 bridgehead atoms. The van der Waals surface area contributed by atoms with E-state index in [4.69, 9.17) is 4.74 Å². The zero-order valence-corrected chi connectivity index (χ0v) is 11.0. The molecule has 1 fully saturated rings. The van der Waals surface area contributed by atoms with Gasteiger partial charge in [0.25, 0.3) is 6.47 Å². The van der Waals surface area contributed by atoms with E-state index in [1.165, 1.54) is 19.3 Å². The first-order valence-electron chi connectivity index (χ1n) is 6.34. The van der Waals surface area contributed by atoms with E-state index >= 15 is 0 Å². The molecule has 2 aliphatic carbocycles. The Morgan fingerprint density at radius 2 is 2.39 bits per heavy atom. The van der Waals surface area contributed by atoms with Crippen LogP contribution in [0.25, 0.3) is 0 Å². The Hall–Kier alpha value is -1.10. The molecule has 0 spiro atoms. The summed E-state index contributed by atoms with van der Waals surface area (Å²) < 4.78 is 5.24. The summed E-state index contributed by atoms with van der Waals surface area (Å²) in [7, 11) is 0. The highest BCUT2D eigenvalue weighted by atomic mass is 32.1. The maximum absolute atomic E-state index is 10.7. The maximum Gasteiger partial charge on any atom is 0.294 e. The minimum Gasteiger partial charge on any atom is -0.450 e. The molecule has 2 aliphatic rings. The molecule has 3 rings (SSSR count). The van der Waals surface area contributed by atoms with Gasteiger partial charge in [0, 0.05) is 25.0 Å². The van der Waals surface area contributed by atoms with Crippen molar-refractivity contribution in [3.8, 4) is 0 Å². The van der Waals surface area contributed by atoms with Crippen molar-refractivity contribution in [2.45, 2.75) is 43.0 Å². The average Bonchev–Trinajstić information content (AvgIpc) is 2.73. The molecule has 18 heavy (non-hydrogen) atoms. The van der Waals surface area contributed by atoms with Crippen LogP contribution in [0.2, 0.25) is 0 Å². The number of rotatable bonds is 2. The van der Waals surface area contributed by atoms with E-state index in [2.05, 4.69) is 22.6 Å². The molecule has 0 N–H and O–H groups in total. The van der Waals surface area contributed by atoms with E-state index in [9.17, 15) is 4.79 Å². The standard InChI is InChI=1S/C13H16N2O2S/c16-8-17-13(18)4-9-2-1-3-11(9)12-10(5-13)6-14-7-15-12/h6-9,11,18H,1-5H2. The zero-order valence-electron chi connectivity index (χ0n) is 10.1. The molecule has 1 aromatic heterocycles. The van der Waals surface area contributed by atoms with Crippen LogP contribution in [0.1, 0.15) is 42.9 Å². The van der Waals surface area contributed by atoms with Gasteiger partial charge in [0.15, 0.2) is 4.93 Å². The Kier molecular flexibility index (Phi) is 3.01. The van der Waals surface area contributed by atoms with Crippen molar-refractivity contribution < 1.29 is 9.53 Å². The largest absolute Gasteiger partial charge is 0.450 e. The lowest BCUT2D eigenvalue weighted by Crippen LogP contribution is -2.29. The number of nitrogens with zero attached hydrogens (tertiary/aromatic N) is 2. The topological polar surface area (TPSA) is 52.1 Å². The number of carbonyl (C=O) groups excluding carboxylic acids is 1. The van der Waals surface area contributed by atoms with Gasteiger partial charge in [-0.3, -0.25) is 4.79 Å². The summed E-state index contributed by atoms with van der Waals surface area (Å²) in [6, 6.07) is 0. The molecule has 0 aromatic carbocycles. The summed E-state index contributed by atoms with van der Waals surface area (Å²) in [5.74, 6) is 0.992. The lowest BCUT2D eigenvalue weighted by atomic mass is 9.90. The van der Waals surface area contributed by atoms with Gasteiger partial charge in [-0.2, -0.15) is 0 Å². The van der Waals surface area contributed by atoms with Crippen molar-refractivity contribution in [3.63, 3.8) is 0 Å². The number of aromatic nitrogens is 2. The SMILES string of the molecule is O=COC1(S)Cc2cncnc2C2CCCC2C1. The van der Waals surface area contributed by atoms with Crippen LogP contribution in [0.3, 0.4) is 0 Å². The molecule has 1 heterocycles. The Bertz CT molecular complexity index is 468. The molecular weight excluding hydrogens is 248 g/mol. The highest BCUT2D eigenvalue weighted by Crippen LogP contribution is 2.48. The van der Waals surface area contributed by atoms with Crippen LogP contribution in [0, 0.1) is 5.92 Å². The van der Waals surface area contributed by atoms with Crippen LogP contribution in [0.15, 0.2) is 12.5 Å². The summed E-state index contributed by atoms with van der Waals surface area (Å²) in [5, 5.41) is 0. The van der Waals surface area contributed by atoms with E-state index in [1.54, 1.807) is 6.33 Å². The van der Waals surface area contributed by atoms with Gasteiger partial charge in [0.1, 0.15) is 6.33 Å². The summed E-state index contributed by atoms with van der Waals surface area (Å²) in [5.41, 5.74) is 2.21. The molecule has 0 amide bonds. The normalized spacial score (nSPS) is 34.3. The minimum atomic E-state index is -0.703. The van der Waals surface area contributed by atoms with Crippen molar-refractivity contribution in [1.82, 2.24) is 9.97 Å². The molecular formula is C13H16N2O2S. The molecule has 3 unspecified atom stereocenters. The summed E-state index contributed by atoms with van der Waals surface area (Å²) in [6.45, 7) is 0.506. The average molecular weight is 264 g/mol. The summed E-state index contributed by atoms with van der Waals surface area (Å²) in [4.78, 5) is 18.5. The Morgan fingerprint density at radius 3 is 3.22 bits per heavy atom. The summed E-state index contributed by atoms with van der Waals surface area (Å²) in [6.07, 6.45) is 8.39. The van der Waals surface area contributed by atoms with Crippen LogP contribution in [0.4, 0.5) is 0 Å². The zero-order chi connectivity index (χ0) is 12.6. The third kappa shape index (κ3) is 2.00. The van der Waals surface area contributed by atoms with Gasteiger partial charge in [-0.15, -0.1) is 12.6 Å². The van der Waals surface area contributed by atoms with Gasteiger partial charge >= 0.3 is 0 Å². The highest BCUT2D eigenvalue weighted by Gasteiger charge is 2.42. The van der Waals surface area contributed by atoms with Crippen LogP contribution in [-0.2, 0) is 16.0 Å². The first-order valence-corrected chi connectivity index (χ1v) is 6.79. The maximum atomic E-state index is 10.7. The van der Waals surface area contributed by atoms with Gasteiger partial charge in [-0.25, -0.2) is 9.97 Å². The molecule has 0 radical (unpaired) electrons. The van der Waals surface area contributed by atoms with E-state index in [1.807, 2.05) is 6.20 Å². The minimum absolute atomic E-state index is 0.479. The Morgan fingerprint density at radius 1 is 1.50 bits per heavy atom. The number of hydrogen-bond acceptors (Lipinski definition) is 5. The van der Waals surface area contributed by atoms with Crippen molar-refractivity contribution in [1.29, 1.82) is 0 Å². The van der Waals surface area contributed by atoms with E-state index in [0.717, 1.165) is 17.7 Å². The third-order valence-corrected chi connectivity index (χ3v) is 4.59. The number of thiol groups is 1. The second-order valence-corrected chi connectivity index (χ2v) is 6.09. The van der Waals surface area contributed by atoms with Gasteiger partial charge in [0.05, 0.1) is 5.69 Å². The monoisotopic (exact) mass is 264 g/mol. The summed E-state index contributed by atoms with van der Waals surface area (Å²) >= 11 is 4.60. The molecule has 96 valence electrons. The number of fused-ring (bicyclic) bond motifs is 3. The first-order chi connectivity index (χ1) is 8.72. The van der Waals surface area contributed by atoms with E-state index < -0.39 is 4.93 Å². The predicted octanol–water partition coefficient (Wildman–Crippen LogP) is 2.11. The van der Waals surface area contributed by atoms with Gasteiger partial charge in [-0.05, 0) is 24.3 Å². The smallest absolute Gasteiger partial charge is 0.294 e. The first kappa shape index (κ1) is 12.0. The third-order valence-electron chi connectivity index (χ3n) is 4.15. The molecule has 0 saturated heterocycles. The molecule has 4 nitrogen and oxygen atoms in total. The lowest BCUT2D eigenvalue weighted by molar-refractivity contribution is -0.136. The van der Waals surface area contributed by atoms with E-state index in [0.29, 0.717) is 24.7 Å². The molecule has 3 atom stereocenters. The quantitative estimate of drug-likeness (QED) is 0.505. The molecule has 5 heteroatoms. The molecule has 0 aliphatic heterocycles. The van der Waals surface area contributed by atoms with Gasteiger partial charge in [-0.1, -0.05) is 6.42 Å². The predicted molar refractivity (Wildman–Crippen MR) is 69.3 cm³/mol. The van der Waals surface area contributed by atoms with Crippen LogP contribution < -0.4 is 0 Å². The number of ether oxygens (including phenoxy) is 1. The fraction of sp³-hybridized carbons (Fsp3) is 0.615. The van der Waals surface area contributed by atoms with Crippen molar-refractivity contribution in [2.75, 3.05) is 0 Å². The molecule has 1 saturated carbocycles. The Labute approximate surface area is 112 Å². The van der Waals surface area contributed by atoms with Gasteiger partial charge in [0.2, 0.25) is 0 Å². The lowest BCUT2D eigenvalue weighted by Gasteiger charge is -2.27. The van der Waals surface area contributed by atoms with Crippen molar-refractivity contribution in [2.24, 2.45) is 5.92 Å². The van der Waals surface area contributed by atoms with Crippen molar-refractivity contribution >= 4 is 19.1 Å². The second-order valence-electron chi connectivity index (χ2n) is 5.27.